The van der Waals surface area contributed by atoms with E-state index in [0.29, 0.717) is 16.3 Å². The number of para-hydroxylation sites is 3. The summed E-state index contributed by atoms with van der Waals surface area (Å²) < 4.78 is 7.56. The smallest absolute Gasteiger partial charge is 0.273 e. The van der Waals surface area contributed by atoms with Crippen LogP contribution in [0.5, 0.6) is 5.75 Å². The largest absolute Gasteiger partial charge is 0.488 e. The lowest BCUT2D eigenvalue weighted by Gasteiger charge is -2.16. The molecule has 0 bridgehead atoms. The zero-order valence-electron chi connectivity index (χ0n) is 17.3. The van der Waals surface area contributed by atoms with Gasteiger partial charge in [0.25, 0.3) is 11.8 Å². The average molecular weight is 449 g/mol. The maximum absolute atomic E-state index is 12.7. The molecule has 2 N–H and O–H groups in total. The summed E-state index contributed by atoms with van der Waals surface area (Å²) in [5.74, 6) is -0.486. The number of halogens is 1. The molecule has 162 valence electrons. The number of rotatable bonds is 6. The third-order valence-electron chi connectivity index (χ3n) is 5.05. The van der Waals surface area contributed by atoms with Crippen molar-refractivity contribution in [1.29, 1.82) is 0 Å². The van der Waals surface area contributed by atoms with Gasteiger partial charge in [0.1, 0.15) is 18.4 Å². The number of ether oxygens (including phenoxy) is 1. The molecule has 0 aliphatic heterocycles. The molecule has 1 heterocycles. The van der Waals surface area contributed by atoms with Gasteiger partial charge in [0, 0.05) is 10.6 Å². The van der Waals surface area contributed by atoms with E-state index in [1.54, 1.807) is 48.1 Å². The summed E-state index contributed by atoms with van der Waals surface area (Å²) in [5.41, 5.74) is 7.66. The molecule has 0 spiro atoms. The second kappa shape index (κ2) is 9.53. The van der Waals surface area contributed by atoms with Crippen LogP contribution in [-0.4, -0.2) is 21.4 Å². The van der Waals surface area contributed by atoms with Crippen LogP contribution in [0.15, 0.2) is 79.1 Å². The first-order chi connectivity index (χ1) is 15.5. The van der Waals surface area contributed by atoms with Crippen LogP contribution in [0.3, 0.4) is 0 Å². The maximum Gasteiger partial charge on any atom is 0.273 e. The van der Waals surface area contributed by atoms with Gasteiger partial charge in [-0.2, -0.15) is 0 Å². The molecule has 0 aliphatic rings. The van der Waals surface area contributed by atoms with Gasteiger partial charge in [0.15, 0.2) is 0 Å². The highest BCUT2D eigenvalue weighted by Crippen LogP contribution is 2.22. The Labute approximate surface area is 190 Å². The quantitative estimate of drug-likeness (QED) is 0.431. The first-order valence-corrected chi connectivity index (χ1v) is 10.4. The van der Waals surface area contributed by atoms with Crippen LogP contribution >= 0.6 is 11.6 Å². The summed E-state index contributed by atoms with van der Waals surface area (Å²) in [5, 5.41) is 0.586. The number of amides is 2. The van der Waals surface area contributed by atoms with E-state index in [0.717, 1.165) is 16.6 Å². The summed E-state index contributed by atoms with van der Waals surface area (Å²) in [6.45, 7) is 1.94. The van der Waals surface area contributed by atoms with Crippen LogP contribution in [-0.2, 0) is 11.4 Å². The molecule has 2 amide bonds. The number of nitrogens with one attached hydrogen (secondary N) is 2. The number of aromatic nitrogens is 2. The molecule has 0 saturated carbocycles. The molecule has 1 unspecified atom stereocenters. The molecule has 0 saturated heterocycles. The molecule has 0 fully saturated rings. The van der Waals surface area contributed by atoms with Crippen molar-refractivity contribution in [3.63, 3.8) is 0 Å². The molecule has 1 atom stereocenters. The van der Waals surface area contributed by atoms with Gasteiger partial charge in [0.05, 0.1) is 22.9 Å². The highest BCUT2D eigenvalue weighted by molar-refractivity contribution is 6.31. The van der Waals surface area contributed by atoms with Gasteiger partial charge in [-0.25, -0.2) is 4.98 Å². The van der Waals surface area contributed by atoms with Crippen molar-refractivity contribution in [2.24, 2.45) is 0 Å². The van der Waals surface area contributed by atoms with Gasteiger partial charge in [-0.05, 0) is 37.3 Å². The first kappa shape index (κ1) is 21.4. The van der Waals surface area contributed by atoms with E-state index < -0.39 is 11.9 Å². The highest BCUT2D eigenvalue weighted by atomic mass is 35.5. The Morgan fingerprint density at radius 3 is 2.56 bits per heavy atom. The Morgan fingerprint density at radius 2 is 1.72 bits per heavy atom. The van der Waals surface area contributed by atoms with Crippen molar-refractivity contribution in [3.05, 3.63) is 95.3 Å². The molecule has 4 rings (SSSR count). The van der Waals surface area contributed by atoms with Crippen LogP contribution in [0.4, 0.5) is 0 Å². The number of benzene rings is 3. The fourth-order valence-corrected chi connectivity index (χ4v) is 3.44. The molecule has 0 aliphatic carbocycles. The summed E-state index contributed by atoms with van der Waals surface area (Å²) in [6.07, 6.45) is 1.61. The average Bonchev–Trinajstić information content (AvgIpc) is 3.25. The molecule has 7 nitrogen and oxygen atoms in total. The van der Waals surface area contributed by atoms with Gasteiger partial charge < -0.3 is 9.30 Å². The number of hydrogen-bond acceptors (Lipinski definition) is 4. The summed E-state index contributed by atoms with van der Waals surface area (Å²) in [4.78, 5) is 29.7. The SMILES string of the molecule is CC(C(=O)NNC(=O)c1ccccc1OCc1ccccc1Cl)n1cnc2ccccc21. The lowest BCUT2D eigenvalue weighted by Crippen LogP contribution is -2.44. The lowest BCUT2D eigenvalue weighted by atomic mass is 10.2. The van der Waals surface area contributed by atoms with Crippen LogP contribution in [0, 0.1) is 0 Å². The normalized spacial score (nSPS) is 11.7. The van der Waals surface area contributed by atoms with Gasteiger partial charge in [0.2, 0.25) is 0 Å². The zero-order valence-corrected chi connectivity index (χ0v) is 18.0. The van der Waals surface area contributed by atoms with Crippen molar-refractivity contribution >= 4 is 34.4 Å². The predicted octanol–water partition coefficient (Wildman–Crippen LogP) is 4.29. The standard InChI is InChI=1S/C24H21ClN4O3/c1-16(29-15-26-20-11-5-6-12-21(20)29)23(30)27-28-24(31)18-9-3-7-13-22(18)32-14-17-8-2-4-10-19(17)25/h2-13,15-16H,14H2,1H3,(H,27,30)(H,28,31). The molecule has 32 heavy (non-hydrogen) atoms. The van der Waals surface area contributed by atoms with Crippen molar-refractivity contribution < 1.29 is 14.3 Å². The van der Waals surface area contributed by atoms with Gasteiger partial charge in [-0.3, -0.25) is 20.4 Å². The first-order valence-electron chi connectivity index (χ1n) is 10.0. The van der Waals surface area contributed by atoms with Crippen molar-refractivity contribution in [1.82, 2.24) is 20.4 Å². The summed E-state index contributed by atoms with van der Waals surface area (Å²) >= 11 is 6.17. The Morgan fingerprint density at radius 1 is 1.00 bits per heavy atom. The van der Waals surface area contributed by atoms with E-state index in [1.165, 1.54) is 0 Å². The minimum Gasteiger partial charge on any atom is -0.488 e. The van der Waals surface area contributed by atoms with E-state index in [1.807, 2.05) is 42.5 Å². The molecule has 8 heteroatoms. The van der Waals surface area contributed by atoms with Crippen LogP contribution in [0.2, 0.25) is 5.02 Å². The fourth-order valence-electron chi connectivity index (χ4n) is 3.25. The Balaban J connectivity index is 1.41. The summed E-state index contributed by atoms with van der Waals surface area (Å²) in [7, 11) is 0. The monoisotopic (exact) mass is 448 g/mol. The zero-order chi connectivity index (χ0) is 22.5. The number of nitrogens with zero attached hydrogens (tertiary/aromatic N) is 2. The van der Waals surface area contributed by atoms with Crippen LogP contribution < -0.4 is 15.6 Å². The predicted molar refractivity (Wildman–Crippen MR) is 122 cm³/mol. The van der Waals surface area contributed by atoms with E-state index in [2.05, 4.69) is 15.8 Å². The Kier molecular flexibility index (Phi) is 6.37. The number of fused-ring (bicyclic) bond motifs is 1. The Bertz CT molecular complexity index is 1270. The molecule has 0 radical (unpaired) electrons. The molecule has 4 aromatic rings. The second-order valence-corrected chi connectivity index (χ2v) is 7.54. The maximum atomic E-state index is 12.7. The molecule has 3 aromatic carbocycles. The van der Waals surface area contributed by atoms with Crippen LogP contribution in [0.1, 0.15) is 28.9 Å². The van der Waals surface area contributed by atoms with E-state index >= 15 is 0 Å². The number of hydrazine groups is 1. The minimum absolute atomic E-state index is 0.209. The van der Waals surface area contributed by atoms with Crippen molar-refractivity contribution in [2.45, 2.75) is 19.6 Å². The molecular weight excluding hydrogens is 428 g/mol. The molecular formula is C24H21ClN4O3. The van der Waals surface area contributed by atoms with Gasteiger partial charge in [-0.1, -0.05) is 54.1 Å². The number of carbonyl (C=O) groups is 2. The lowest BCUT2D eigenvalue weighted by molar-refractivity contribution is -0.124. The van der Waals surface area contributed by atoms with Gasteiger partial charge in [-0.15, -0.1) is 0 Å². The minimum atomic E-state index is -0.575. The van der Waals surface area contributed by atoms with Gasteiger partial charge >= 0.3 is 0 Å². The number of carbonyl (C=O) groups excluding carboxylic acids is 2. The van der Waals surface area contributed by atoms with E-state index in [-0.39, 0.29) is 12.5 Å². The van der Waals surface area contributed by atoms with Crippen molar-refractivity contribution in [2.75, 3.05) is 0 Å². The number of imidazole rings is 1. The Hall–Kier alpha value is -3.84. The van der Waals surface area contributed by atoms with Crippen molar-refractivity contribution in [3.8, 4) is 5.75 Å². The highest BCUT2D eigenvalue weighted by Gasteiger charge is 2.19. The van der Waals surface area contributed by atoms with E-state index in [9.17, 15) is 9.59 Å². The second-order valence-electron chi connectivity index (χ2n) is 7.14. The van der Waals surface area contributed by atoms with Crippen LogP contribution in [0.25, 0.3) is 11.0 Å². The topological polar surface area (TPSA) is 85.3 Å². The fraction of sp³-hybridized carbons (Fsp3) is 0.125. The molecule has 1 aromatic heterocycles. The van der Waals surface area contributed by atoms with E-state index in [4.69, 9.17) is 16.3 Å². The third kappa shape index (κ3) is 4.58. The number of hydrogen-bond donors (Lipinski definition) is 2. The summed E-state index contributed by atoms with van der Waals surface area (Å²) in [6, 6.07) is 21.1. The third-order valence-corrected chi connectivity index (χ3v) is 5.42.